The van der Waals surface area contributed by atoms with Gasteiger partial charge in [-0.3, -0.25) is 4.79 Å². The second kappa shape index (κ2) is 9.12. The molecule has 0 saturated heterocycles. The summed E-state index contributed by atoms with van der Waals surface area (Å²) in [5.74, 6) is -4.12. The second-order valence-corrected chi connectivity index (χ2v) is 12.1. The largest absolute Gasteiger partial charge is 0.349 e. The molecule has 1 N–H and O–H groups in total. The van der Waals surface area contributed by atoms with Crippen molar-refractivity contribution in [1.29, 1.82) is 0 Å². The monoisotopic (exact) mass is 481 g/mol. The van der Waals surface area contributed by atoms with Crippen LogP contribution in [0.25, 0.3) is 0 Å². The van der Waals surface area contributed by atoms with E-state index in [9.17, 15) is 26.4 Å². The van der Waals surface area contributed by atoms with Gasteiger partial charge in [-0.1, -0.05) is 38.1 Å². The standard InChI is InChI=1S/C25H30F3NO3S/c1-24(2)13-18-12-19(25(3,27)28)8-9-20(18)22(14-24)29-23(30)10-6-16-5-7-17(21(26)11-16)15-33(4,31)32/h5,7-9,11-12,22H,6,10,13-15H2,1-4H3,(H,29,30)/t22-/m1/s1. The number of fused-ring (bicyclic) bond motifs is 1. The third-order valence-corrected chi connectivity index (χ3v) is 6.80. The van der Waals surface area contributed by atoms with E-state index in [1.807, 2.05) is 13.8 Å². The predicted octanol–water partition coefficient (Wildman–Crippen LogP) is 5.24. The Morgan fingerprint density at radius 3 is 2.48 bits per heavy atom. The number of halogens is 3. The van der Waals surface area contributed by atoms with E-state index < -0.39 is 21.6 Å². The molecule has 180 valence electrons. The fourth-order valence-electron chi connectivity index (χ4n) is 4.42. The number of amides is 1. The summed E-state index contributed by atoms with van der Waals surface area (Å²) in [6, 6.07) is 8.67. The third-order valence-electron chi connectivity index (χ3n) is 5.96. The number of hydrogen-bond donors (Lipinski definition) is 1. The molecule has 1 aliphatic rings. The quantitative estimate of drug-likeness (QED) is 0.588. The maximum absolute atomic E-state index is 14.2. The molecule has 1 amide bonds. The maximum Gasteiger partial charge on any atom is 0.270 e. The van der Waals surface area contributed by atoms with E-state index >= 15 is 0 Å². The Morgan fingerprint density at radius 2 is 1.88 bits per heavy atom. The van der Waals surface area contributed by atoms with Gasteiger partial charge >= 0.3 is 0 Å². The van der Waals surface area contributed by atoms with Crippen LogP contribution in [0, 0.1) is 11.2 Å². The SMILES string of the molecule is CC1(C)Cc2cc(C(C)(F)F)ccc2[C@H](NC(=O)CCc2ccc(CS(C)(=O)=O)c(F)c2)C1. The predicted molar refractivity (Wildman–Crippen MR) is 122 cm³/mol. The Morgan fingerprint density at radius 1 is 1.18 bits per heavy atom. The van der Waals surface area contributed by atoms with E-state index in [4.69, 9.17) is 0 Å². The third kappa shape index (κ3) is 6.82. The van der Waals surface area contributed by atoms with E-state index in [2.05, 4.69) is 5.32 Å². The number of hydrogen-bond acceptors (Lipinski definition) is 3. The van der Waals surface area contributed by atoms with Crippen LogP contribution in [0.4, 0.5) is 13.2 Å². The van der Waals surface area contributed by atoms with Crippen molar-refractivity contribution in [1.82, 2.24) is 5.32 Å². The second-order valence-electron chi connectivity index (χ2n) is 9.96. The van der Waals surface area contributed by atoms with Gasteiger partial charge in [0.1, 0.15) is 5.82 Å². The summed E-state index contributed by atoms with van der Waals surface area (Å²) in [6.45, 7) is 4.97. The lowest BCUT2D eigenvalue weighted by atomic mass is 9.71. The van der Waals surface area contributed by atoms with Gasteiger partial charge in [0.05, 0.1) is 11.8 Å². The van der Waals surface area contributed by atoms with Gasteiger partial charge < -0.3 is 5.32 Å². The molecular formula is C25H30F3NO3S. The molecule has 4 nitrogen and oxygen atoms in total. The number of benzene rings is 2. The van der Waals surface area contributed by atoms with Gasteiger partial charge in [-0.25, -0.2) is 21.6 Å². The topological polar surface area (TPSA) is 63.2 Å². The summed E-state index contributed by atoms with van der Waals surface area (Å²) in [7, 11) is -3.35. The van der Waals surface area contributed by atoms with Crippen LogP contribution in [0.3, 0.4) is 0 Å². The average molecular weight is 482 g/mol. The number of carbonyl (C=O) groups excluding carboxylic acids is 1. The molecule has 0 bridgehead atoms. The summed E-state index contributed by atoms with van der Waals surface area (Å²) in [5.41, 5.74) is 2.17. The summed E-state index contributed by atoms with van der Waals surface area (Å²) < 4.78 is 64.6. The average Bonchev–Trinajstić information content (AvgIpc) is 2.65. The number of aryl methyl sites for hydroxylation is 1. The highest BCUT2D eigenvalue weighted by molar-refractivity contribution is 7.89. The lowest BCUT2D eigenvalue weighted by molar-refractivity contribution is -0.122. The molecule has 0 spiro atoms. The Labute approximate surface area is 193 Å². The number of sulfone groups is 1. The van der Waals surface area contributed by atoms with Gasteiger partial charge in [0.2, 0.25) is 5.91 Å². The van der Waals surface area contributed by atoms with Crippen molar-refractivity contribution in [2.75, 3.05) is 6.26 Å². The van der Waals surface area contributed by atoms with Crippen LogP contribution >= 0.6 is 0 Å². The van der Waals surface area contributed by atoms with E-state index in [-0.39, 0.29) is 40.7 Å². The van der Waals surface area contributed by atoms with Crippen LogP contribution in [-0.2, 0) is 39.1 Å². The van der Waals surface area contributed by atoms with Crippen molar-refractivity contribution in [2.45, 2.75) is 64.2 Å². The van der Waals surface area contributed by atoms with Crippen LogP contribution in [-0.4, -0.2) is 20.6 Å². The van der Waals surface area contributed by atoms with Gasteiger partial charge in [0, 0.05) is 30.7 Å². The van der Waals surface area contributed by atoms with E-state index in [0.717, 1.165) is 24.3 Å². The maximum atomic E-state index is 14.2. The Balaban J connectivity index is 1.69. The van der Waals surface area contributed by atoms with Crippen LogP contribution < -0.4 is 5.32 Å². The van der Waals surface area contributed by atoms with Crippen LogP contribution in [0.1, 0.15) is 67.5 Å². The first-order chi connectivity index (χ1) is 15.1. The number of carbonyl (C=O) groups is 1. The van der Waals surface area contributed by atoms with Gasteiger partial charge in [-0.15, -0.1) is 0 Å². The molecule has 0 aromatic heterocycles. The van der Waals surface area contributed by atoms with Crippen molar-refractivity contribution < 1.29 is 26.4 Å². The summed E-state index contributed by atoms with van der Waals surface area (Å²) in [5, 5.41) is 3.02. The lowest BCUT2D eigenvalue weighted by Crippen LogP contribution is -2.36. The van der Waals surface area contributed by atoms with Gasteiger partial charge in [0.15, 0.2) is 9.84 Å². The zero-order chi connectivity index (χ0) is 24.6. The summed E-state index contributed by atoms with van der Waals surface area (Å²) >= 11 is 0. The molecule has 0 radical (unpaired) electrons. The zero-order valence-corrected chi connectivity index (χ0v) is 20.2. The first-order valence-electron chi connectivity index (χ1n) is 10.9. The van der Waals surface area contributed by atoms with Crippen molar-refractivity contribution in [3.63, 3.8) is 0 Å². The molecule has 33 heavy (non-hydrogen) atoms. The molecule has 0 unspecified atom stereocenters. The van der Waals surface area contributed by atoms with E-state index in [0.29, 0.717) is 24.8 Å². The molecule has 0 saturated carbocycles. The fourth-order valence-corrected chi connectivity index (χ4v) is 5.22. The zero-order valence-electron chi connectivity index (χ0n) is 19.3. The minimum atomic E-state index is -3.35. The van der Waals surface area contributed by atoms with Crippen molar-refractivity contribution in [3.8, 4) is 0 Å². The molecule has 0 aliphatic heterocycles. The minimum absolute atomic E-state index is 0.0367. The normalized spacial score (nSPS) is 18.0. The molecule has 0 fully saturated rings. The number of rotatable bonds is 7. The molecule has 0 heterocycles. The molecule has 2 aromatic carbocycles. The molecule has 2 aromatic rings. The molecule has 1 atom stereocenters. The van der Waals surface area contributed by atoms with Crippen LogP contribution in [0.15, 0.2) is 36.4 Å². The van der Waals surface area contributed by atoms with Crippen molar-refractivity contribution >= 4 is 15.7 Å². The first kappa shape index (κ1) is 25.3. The van der Waals surface area contributed by atoms with Gasteiger partial charge in [0.25, 0.3) is 5.92 Å². The Bertz CT molecular complexity index is 1150. The minimum Gasteiger partial charge on any atom is -0.349 e. The number of nitrogens with one attached hydrogen (secondary N) is 1. The highest BCUT2D eigenvalue weighted by Gasteiger charge is 2.34. The van der Waals surface area contributed by atoms with Gasteiger partial charge in [-0.05, 0) is 53.5 Å². The summed E-state index contributed by atoms with van der Waals surface area (Å²) in [4.78, 5) is 12.7. The molecule has 3 rings (SSSR count). The van der Waals surface area contributed by atoms with Gasteiger partial charge in [-0.2, -0.15) is 0 Å². The van der Waals surface area contributed by atoms with E-state index in [1.165, 1.54) is 24.3 Å². The van der Waals surface area contributed by atoms with Crippen LogP contribution in [0.5, 0.6) is 0 Å². The van der Waals surface area contributed by atoms with Crippen molar-refractivity contribution in [3.05, 3.63) is 70.0 Å². The highest BCUT2D eigenvalue weighted by atomic mass is 32.2. The molecule has 1 aliphatic carbocycles. The Kier molecular flexibility index (Phi) is 6.99. The summed E-state index contributed by atoms with van der Waals surface area (Å²) in [6.07, 6.45) is 2.80. The smallest absolute Gasteiger partial charge is 0.270 e. The lowest BCUT2D eigenvalue weighted by Gasteiger charge is -2.38. The highest BCUT2D eigenvalue weighted by Crippen LogP contribution is 2.42. The van der Waals surface area contributed by atoms with E-state index in [1.54, 1.807) is 12.1 Å². The first-order valence-corrected chi connectivity index (χ1v) is 12.9. The van der Waals surface area contributed by atoms with Crippen LogP contribution in [0.2, 0.25) is 0 Å². The fraction of sp³-hybridized carbons (Fsp3) is 0.480. The number of alkyl halides is 2. The molecule has 8 heteroatoms. The van der Waals surface area contributed by atoms with Crippen molar-refractivity contribution in [2.24, 2.45) is 5.41 Å². The Hall–Kier alpha value is -2.35. The molecular weight excluding hydrogens is 451 g/mol.